The molecule has 0 radical (unpaired) electrons. The molecule has 0 bridgehead atoms. The summed E-state index contributed by atoms with van der Waals surface area (Å²) in [5.74, 6) is -3.18. The maximum Gasteiger partial charge on any atom is 0.320 e. The number of rotatable bonds is 51. The number of carbonyl (C=O) groups excluding carboxylic acids is 4. The predicted molar refractivity (Wildman–Crippen MR) is 377 cm³/mol. The first kappa shape index (κ1) is 92.4. The Morgan fingerprint density at radius 2 is 0.658 bits per heavy atom. The van der Waals surface area contributed by atoms with Crippen molar-refractivity contribution in [3.8, 4) is 0 Å². The first-order valence-electron chi connectivity index (χ1n) is 37.4. The normalized spacial score (nSPS) is 28.2. The average Bonchev–Trinajstić information content (AvgIpc) is 1.16. The van der Waals surface area contributed by atoms with Crippen molar-refractivity contribution in [2.45, 2.75) is 228 Å². The number of carboxylic acid groups (broad SMARTS) is 1. The van der Waals surface area contributed by atoms with Crippen LogP contribution in [0.1, 0.15) is 69.7 Å². The molecular formula is C66H110N18O30. The summed E-state index contributed by atoms with van der Waals surface area (Å²) >= 11 is 0. The van der Waals surface area contributed by atoms with Crippen LogP contribution in [0.15, 0.2) is 24.8 Å². The number of carbonyl (C=O) groups is 5. The molecule has 48 heteroatoms. The third-order valence-electron chi connectivity index (χ3n) is 18.7. The first-order valence-corrected chi connectivity index (χ1v) is 37.4. The Kier molecular flexibility index (Phi) is 38.3. The minimum Gasteiger partial charge on any atom is -0.480 e. The zero-order chi connectivity index (χ0) is 82.4. The number of carboxylic acids is 1. The zero-order valence-corrected chi connectivity index (χ0v) is 63.7. The third-order valence-corrected chi connectivity index (χ3v) is 18.7. The molecule has 4 fully saturated rings. The summed E-state index contributed by atoms with van der Waals surface area (Å²) in [6.45, 7) is 4.52. The van der Waals surface area contributed by atoms with Crippen molar-refractivity contribution >= 4 is 29.6 Å². The standard InChI is InChI=1S/C66H110N18O30/c1-37(89)67-50-58(97)54(93)46(33-85)111-63(50)107-21-17-103-13-9-81-29-41(71-75-81)25-79(26-42-30-82(76-72-42)10-14-104-18-22-108-64-51(68-38(2)90)59(98)55(94)47(34-86)112-64)8-6-5-7-45(62(101)102)80(27-43-31-83(77-73-43)11-15-105-19-23-109-65-52(69-39(3)91)60(99)56(95)48(35-87)113-65)28-44-32-84(78-74-44)12-16-106-20-24-110-66-53(70-40(4)92)61(100)57(96)49(36-88)114-66/h29-32,45-61,63-66,85-88,93-100H,5-28,33-36H2,1-4H3,(H,67,89)(H,68,90)(H,69,91)(H,70,92)(H,101,102)/t45-,46?,47?,48?,49?,50?,51?,52?,53?,54?,55?,56?,57?,58?,59?,60?,61?,63?,64?,65?,66?/m0/s1. The Morgan fingerprint density at radius 3 is 0.904 bits per heavy atom. The number of unbranched alkanes of at least 4 members (excludes halogenated alkanes) is 1. The lowest BCUT2D eigenvalue weighted by Crippen LogP contribution is -2.64. The molecule has 8 rings (SSSR count). The molecule has 4 aliphatic rings. The van der Waals surface area contributed by atoms with Gasteiger partial charge in [-0.3, -0.25) is 33.8 Å². The summed E-state index contributed by atoms with van der Waals surface area (Å²) in [5.41, 5.74) is 1.91. The van der Waals surface area contributed by atoms with E-state index < -0.39 is 185 Å². The molecule has 8 heterocycles. The van der Waals surface area contributed by atoms with E-state index in [0.29, 0.717) is 42.2 Å². The van der Waals surface area contributed by atoms with Crippen molar-refractivity contribution in [1.29, 1.82) is 0 Å². The third kappa shape index (κ3) is 28.3. The molecule has 48 nitrogen and oxygen atoms in total. The zero-order valence-electron chi connectivity index (χ0n) is 63.7. The number of aliphatic hydroxyl groups excluding tert-OH is 12. The van der Waals surface area contributed by atoms with Crippen LogP contribution in [-0.2, 0) is 133 Å². The van der Waals surface area contributed by atoms with Crippen molar-refractivity contribution in [1.82, 2.24) is 91.0 Å². The van der Waals surface area contributed by atoms with Gasteiger partial charge in [-0.15, -0.1) is 20.4 Å². The number of nitrogens with zero attached hydrogens (tertiary/aromatic N) is 14. The van der Waals surface area contributed by atoms with Crippen LogP contribution < -0.4 is 21.3 Å². The number of hydrogen-bond donors (Lipinski definition) is 17. The Hall–Kier alpha value is -7.13. The highest BCUT2D eigenvalue weighted by Gasteiger charge is 2.49. The number of aliphatic carboxylic acids is 1. The molecule has 4 amide bonds. The molecule has 4 aliphatic heterocycles. The monoisotopic (exact) mass is 1630 g/mol. The van der Waals surface area contributed by atoms with Gasteiger partial charge in [0.25, 0.3) is 0 Å². The number of hydrogen-bond acceptors (Lipinski definition) is 39. The van der Waals surface area contributed by atoms with Gasteiger partial charge in [-0.2, -0.15) is 0 Å². The van der Waals surface area contributed by atoms with Crippen molar-refractivity contribution in [2.24, 2.45) is 0 Å². The van der Waals surface area contributed by atoms with E-state index in [1.807, 2.05) is 4.90 Å². The summed E-state index contributed by atoms with van der Waals surface area (Å²) in [6.07, 6.45) is -13.7. The van der Waals surface area contributed by atoms with Gasteiger partial charge in [0, 0.05) is 78.7 Å². The van der Waals surface area contributed by atoms with Crippen LogP contribution in [0, 0.1) is 0 Å². The molecule has 0 aliphatic carbocycles. The van der Waals surface area contributed by atoms with Crippen LogP contribution in [0.5, 0.6) is 0 Å². The smallest absolute Gasteiger partial charge is 0.320 e. The van der Waals surface area contributed by atoms with Crippen LogP contribution in [0.4, 0.5) is 0 Å². The van der Waals surface area contributed by atoms with E-state index in [2.05, 4.69) is 62.5 Å². The van der Waals surface area contributed by atoms with Crippen molar-refractivity contribution in [3.63, 3.8) is 0 Å². The minimum absolute atomic E-state index is 0.0134. The van der Waals surface area contributed by atoms with Gasteiger partial charge < -0.3 is 144 Å². The Morgan fingerprint density at radius 1 is 0.395 bits per heavy atom. The van der Waals surface area contributed by atoms with Gasteiger partial charge >= 0.3 is 5.97 Å². The van der Waals surface area contributed by atoms with E-state index in [1.54, 1.807) is 39.1 Å². The van der Waals surface area contributed by atoms with Gasteiger partial charge in [-0.25, -0.2) is 18.7 Å². The molecule has 0 spiro atoms. The van der Waals surface area contributed by atoms with Gasteiger partial charge in [0.15, 0.2) is 25.2 Å². The van der Waals surface area contributed by atoms with Crippen molar-refractivity contribution < 1.29 is 147 Å². The SMILES string of the molecule is CC(=O)NC1C(OCCOCCn2cc(CN(CCCC[C@@H](C(=O)O)N(Cc3cn(CCOCCOC4OC(CO)C(O)C(O)C4NC(C)=O)nn3)Cc3cn(CCOCCOC4OC(CO)C(O)C(O)C4NC(C)=O)nn3)Cc3cn(CCOCCOC4OC(CO)C(O)C(O)C4NC(C)=O)nn3)nn2)OC(CO)C(O)C1O. The fourth-order valence-corrected chi connectivity index (χ4v) is 13.0. The summed E-state index contributed by atoms with van der Waals surface area (Å²) in [7, 11) is 0. The lowest BCUT2D eigenvalue weighted by Gasteiger charge is -2.42. The summed E-state index contributed by atoms with van der Waals surface area (Å²) in [4.78, 5) is 64.8. The second kappa shape index (κ2) is 47.3. The van der Waals surface area contributed by atoms with E-state index in [4.69, 9.17) is 56.8 Å². The number of ether oxygens (including phenoxy) is 12. The van der Waals surface area contributed by atoms with Crippen LogP contribution in [0.3, 0.4) is 0 Å². The highest BCUT2D eigenvalue weighted by atomic mass is 16.7. The largest absolute Gasteiger partial charge is 0.480 e. The molecule has 4 aromatic rings. The predicted octanol–water partition coefficient (Wildman–Crippen LogP) is -10.7. The molecule has 0 aromatic carbocycles. The van der Waals surface area contributed by atoms with Gasteiger partial charge in [0.2, 0.25) is 23.6 Å². The summed E-state index contributed by atoms with van der Waals surface area (Å²) < 4.78 is 74.8. The van der Waals surface area contributed by atoms with Gasteiger partial charge in [0.1, 0.15) is 103 Å². The van der Waals surface area contributed by atoms with E-state index in [-0.39, 0.29) is 138 Å². The molecular weight excluding hydrogens is 1520 g/mol. The van der Waals surface area contributed by atoms with Crippen LogP contribution >= 0.6 is 0 Å². The second-order valence-electron chi connectivity index (χ2n) is 27.5. The van der Waals surface area contributed by atoms with Crippen molar-refractivity contribution in [2.75, 3.05) is 112 Å². The quantitative estimate of drug-likeness (QED) is 0.0183. The summed E-state index contributed by atoms with van der Waals surface area (Å²) in [6, 6.07) is -5.67. The molecule has 114 heavy (non-hydrogen) atoms. The van der Waals surface area contributed by atoms with E-state index in [1.165, 1.54) is 37.1 Å². The van der Waals surface area contributed by atoms with Crippen LogP contribution in [0.2, 0.25) is 0 Å². The fraction of sp³-hybridized carbons (Fsp3) is 0.803. The topological polar surface area (TPSA) is 637 Å². The highest BCUT2D eigenvalue weighted by Crippen LogP contribution is 2.27. The number of aliphatic hydroxyl groups is 12. The number of amides is 4. The number of nitrogens with one attached hydrogen (secondary N) is 4. The van der Waals surface area contributed by atoms with E-state index >= 15 is 0 Å². The molecule has 4 saturated heterocycles. The highest BCUT2D eigenvalue weighted by molar-refractivity contribution is 5.75. The Bertz CT molecular complexity index is 3290. The summed E-state index contributed by atoms with van der Waals surface area (Å²) in [5, 5.41) is 179. The molecule has 644 valence electrons. The lowest BCUT2D eigenvalue weighted by atomic mass is 9.97. The lowest BCUT2D eigenvalue weighted by molar-refractivity contribution is -0.272. The molecule has 17 N–H and O–H groups in total. The Labute approximate surface area is 653 Å². The van der Waals surface area contributed by atoms with Crippen LogP contribution in [-0.4, -0.2) is 407 Å². The molecule has 20 unspecified atom stereocenters. The molecule has 21 atom stereocenters. The Balaban J connectivity index is 0.895. The fourth-order valence-electron chi connectivity index (χ4n) is 13.0. The first-order chi connectivity index (χ1) is 54.8. The van der Waals surface area contributed by atoms with E-state index in [0.717, 1.165) is 0 Å². The maximum absolute atomic E-state index is 13.6. The van der Waals surface area contributed by atoms with Crippen molar-refractivity contribution in [3.05, 3.63) is 47.6 Å². The van der Waals surface area contributed by atoms with Gasteiger partial charge in [0.05, 0.1) is 155 Å². The second-order valence-corrected chi connectivity index (χ2v) is 27.5. The maximum atomic E-state index is 13.6. The van der Waals surface area contributed by atoms with Crippen LogP contribution in [0.25, 0.3) is 0 Å². The number of aromatic nitrogens is 12. The molecule has 0 saturated carbocycles. The molecule has 4 aromatic heterocycles. The van der Waals surface area contributed by atoms with Gasteiger partial charge in [-0.1, -0.05) is 27.3 Å². The van der Waals surface area contributed by atoms with Gasteiger partial charge in [-0.05, 0) is 19.4 Å². The minimum atomic E-state index is -1.50. The van der Waals surface area contributed by atoms with E-state index in [9.17, 15) is 90.4 Å². The average molecular weight is 1640 g/mol.